The molecule has 0 spiro atoms. The summed E-state index contributed by atoms with van der Waals surface area (Å²) in [6.07, 6.45) is 2.22. The molecule has 0 bridgehead atoms. The van der Waals surface area contributed by atoms with Gasteiger partial charge >= 0.3 is 0 Å². The van der Waals surface area contributed by atoms with Crippen molar-refractivity contribution in [2.24, 2.45) is 5.92 Å². The summed E-state index contributed by atoms with van der Waals surface area (Å²) < 4.78 is 4.87. The van der Waals surface area contributed by atoms with Crippen molar-refractivity contribution in [2.45, 2.75) is 32.8 Å². The quantitative estimate of drug-likeness (QED) is 0.531. The molecule has 1 fully saturated rings. The van der Waals surface area contributed by atoms with Crippen LogP contribution in [0.1, 0.15) is 26.7 Å². The van der Waals surface area contributed by atoms with Crippen molar-refractivity contribution >= 4 is 6.47 Å². The fourth-order valence-corrected chi connectivity index (χ4v) is 1.57. The molecular formula is C8H13O2Y-. The molecule has 3 heteroatoms. The maximum Gasteiger partial charge on any atom is 0.290 e. The summed E-state index contributed by atoms with van der Waals surface area (Å²) in [5, 5.41) is 0. The van der Waals surface area contributed by atoms with Crippen molar-refractivity contribution in [3.63, 3.8) is 0 Å². The standard InChI is InChI=1S/C8H13O2.Y/c1-6-3-7(2)8(4-6)10-5-9;/h5-6,8H,3-4H2,1-2H3;/q-1;/t6-,8-;/m0./s1. The van der Waals surface area contributed by atoms with Crippen molar-refractivity contribution in [3.05, 3.63) is 5.92 Å². The molecule has 2 nitrogen and oxygen atoms in total. The minimum Gasteiger partial charge on any atom is -0.497 e. The summed E-state index contributed by atoms with van der Waals surface area (Å²) >= 11 is 0. The van der Waals surface area contributed by atoms with E-state index in [2.05, 4.69) is 13.8 Å². The Labute approximate surface area is 92.9 Å². The van der Waals surface area contributed by atoms with Crippen molar-refractivity contribution in [3.8, 4) is 0 Å². The van der Waals surface area contributed by atoms with Crippen molar-refractivity contribution in [2.75, 3.05) is 0 Å². The monoisotopic (exact) mass is 230 g/mol. The Morgan fingerprint density at radius 2 is 2.27 bits per heavy atom. The first-order chi connectivity index (χ1) is 4.74. The maximum absolute atomic E-state index is 9.98. The van der Waals surface area contributed by atoms with Crippen molar-refractivity contribution in [1.29, 1.82) is 0 Å². The second kappa shape index (κ2) is 5.26. The SMILES string of the molecule is C[C-]1C[C@H](C)C[C@@H]1OC=O.[Y]. The van der Waals surface area contributed by atoms with Gasteiger partial charge in [-0.25, -0.2) is 0 Å². The van der Waals surface area contributed by atoms with Gasteiger partial charge in [0, 0.05) is 32.7 Å². The molecule has 0 aromatic carbocycles. The van der Waals surface area contributed by atoms with Crippen molar-refractivity contribution in [1.82, 2.24) is 0 Å². The van der Waals surface area contributed by atoms with Crippen LogP contribution in [0.2, 0.25) is 0 Å². The number of ether oxygens (including phenoxy) is 1. The van der Waals surface area contributed by atoms with Gasteiger partial charge in [-0.05, 0) is 12.5 Å². The molecule has 0 aromatic heterocycles. The van der Waals surface area contributed by atoms with Crippen LogP contribution in [0.5, 0.6) is 0 Å². The average molecular weight is 230 g/mol. The van der Waals surface area contributed by atoms with E-state index in [1.807, 2.05) is 0 Å². The first-order valence-corrected chi connectivity index (χ1v) is 3.65. The summed E-state index contributed by atoms with van der Waals surface area (Å²) in [4.78, 5) is 9.98. The zero-order valence-corrected chi connectivity index (χ0v) is 9.88. The van der Waals surface area contributed by atoms with Crippen molar-refractivity contribution < 1.29 is 42.2 Å². The zero-order chi connectivity index (χ0) is 7.56. The first kappa shape index (κ1) is 11.6. The number of rotatable bonds is 2. The molecule has 11 heavy (non-hydrogen) atoms. The molecule has 0 heterocycles. The van der Waals surface area contributed by atoms with E-state index < -0.39 is 0 Å². The van der Waals surface area contributed by atoms with Crippen LogP contribution in [-0.2, 0) is 42.2 Å². The van der Waals surface area contributed by atoms with E-state index in [1.165, 1.54) is 5.92 Å². The molecule has 61 valence electrons. The molecule has 0 aromatic rings. The minimum absolute atomic E-state index is 0. The van der Waals surface area contributed by atoms with Crippen LogP contribution in [0.4, 0.5) is 0 Å². The molecule has 1 aliphatic carbocycles. The summed E-state index contributed by atoms with van der Waals surface area (Å²) in [6.45, 7) is 4.78. The third kappa shape index (κ3) is 3.20. The van der Waals surface area contributed by atoms with Crippen LogP contribution in [0.3, 0.4) is 0 Å². The van der Waals surface area contributed by atoms with Gasteiger partial charge in [0.1, 0.15) is 0 Å². The van der Waals surface area contributed by atoms with Gasteiger partial charge in [-0.15, -0.1) is 0 Å². The Bertz CT molecular complexity index is 127. The van der Waals surface area contributed by atoms with Crippen LogP contribution in [0.25, 0.3) is 0 Å². The number of carbonyl (C=O) groups is 1. The molecule has 1 radical (unpaired) electrons. The van der Waals surface area contributed by atoms with E-state index in [0.29, 0.717) is 12.4 Å². The van der Waals surface area contributed by atoms with E-state index in [1.54, 1.807) is 0 Å². The van der Waals surface area contributed by atoms with Gasteiger partial charge in [-0.1, -0.05) is 12.8 Å². The fourth-order valence-electron chi connectivity index (χ4n) is 1.57. The van der Waals surface area contributed by atoms with Crippen LogP contribution in [0.15, 0.2) is 0 Å². The van der Waals surface area contributed by atoms with E-state index in [0.717, 1.165) is 12.8 Å². The molecular weight excluding hydrogens is 217 g/mol. The smallest absolute Gasteiger partial charge is 0.290 e. The van der Waals surface area contributed by atoms with Gasteiger partial charge in [0.15, 0.2) is 0 Å². The molecule has 0 aliphatic heterocycles. The average Bonchev–Trinajstić information content (AvgIpc) is 2.13. The largest absolute Gasteiger partial charge is 0.497 e. The van der Waals surface area contributed by atoms with Gasteiger partial charge < -0.3 is 4.74 Å². The number of hydrogen-bond acceptors (Lipinski definition) is 2. The van der Waals surface area contributed by atoms with E-state index in [4.69, 9.17) is 4.74 Å². The number of hydrogen-bond donors (Lipinski definition) is 0. The van der Waals surface area contributed by atoms with Crippen LogP contribution in [0, 0.1) is 11.8 Å². The Kier molecular flexibility index (Phi) is 5.53. The molecule has 1 rings (SSSR count). The molecule has 0 N–H and O–H groups in total. The Morgan fingerprint density at radius 1 is 1.64 bits per heavy atom. The van der Waals surface area contributed by atoms with Gasteiger partial charge in [0.2, 0.25) is 0 Å². The Morgan fingerprint density at radius 3 is 2.64 bits per heavy atom. The molecule has 0 unspecified atom stereocenters. The predicted octanol–water partition coefficient (Wildman–Crippen LogP) is 1.55. The zero-order valence-electron chi connectivity index (χ0n) is 7.04. The molecule has 1 aliphatic rings. The van der Waals surface area contributed by atoms with Crippen LogP contribution in [-0.4, -0.2) is 12.6 Å². The van der Waals surface area contributed by atoms with Gasteiger partial charge in [0.05, 0.1) is 0 Å². The van der Waals surface area contributed by atoms with Gasteiger partial charge in [-0.3, -0.25) is 10.7 Å². The second-order valence-corrected chi connectivity index (χ2v) is 3.11. The molecule has 2 atom stereocenters. The van der Waals surface area contributed by atoms with Crippen LogP contribution >= 0.6 is 0 Å². The molecule has 1 saturated carbocycles. The topological polar surface area (TPSA) is 26.3 Å². The van der Waals surface area contributed by atoms with E-state index in [9.17, 15) is 4.79 Å². The predicted molar refractivity (Wildman–Crippen MR) is 38.3 cm³/mol. The minimum atomic E-state index is 0. The summed E-state index contributed by atoms with van der Waals surface area (Å²) in [7, 11) is 0. The van der Waals surface area contributed by atoms with Gasteiger partial charge in [-0.2, -0.15) is 13.3 Å². The van der Waals surface area contributed by atoms with Crippen LogP contribution < -0.4 is 0 Å². The molecule has 0 saturated heterocycles. The third-order valence-electron chi connectivity index (χ3n) is 2.06. The number of carbonyl (C=O) groups excluding carboxylic acids is 1. The molecule has 0 amide bonds. The fraction of sp³-hybridized carbons (Fsp3) is 0.750. The Hall–Kier alpha value is 0.574. The summed E-state index contributed by atoms with van der Waals surface area (Å²) in [6, 6.07) is 0. The summed E-state index contributed by atoms with van der Waals surface area (Å²) in [5.74, 6) is 1.99. The van der Waals surface area contributed by atoms with Gasteiger partial charge in [0.25, 0.3) is 6.47 Å². The maximum atomic E-state index is 9.98. The second-order valence-electron chi connectivity index (χ2n) is 3.11. The first-order valence-electron chi connectivity index (χ1n) is 3.65. The Balaban J connectivity index is 0.000001000. The third-order valence-corrected chi connectivity index (χ3v) is 2.06. The van der Waals surface area contributed by atoms with E-state index in [-0.39, 0.29) is 38.8 Å². The summed E-state index contributed by atoms with van der Waals surface area (Å²) in [5.41, 5.74) is 0. The normalized spacial score (nSPS) is 31.1. The van der Waals surface area contributed by atoms with E-state index >= 15 is 0 Å².